The Morgan fingerprint density at radius 1 is 1.19 bits per heavy atom. The van der Waals surface area contributed by atoms with Gasteiger partial charge in [-0.15, -0.1) is 0 Å². The molecule has 0 amide bonds. The number of fused-ring (bicyclic) bond motifs is 2. The summed E-state index contributed by atoms with van der Waals surface area (Å²) in [5.74, 6) is 0.741. The van der Waals surface area contributed by atoms with Crippen molar-refractivity contribution in [2.45, 2.75) is 43.9 Å². The Labute approximate surface area is 98.0 Å². The Morgan fingerprint density at radius 3 is 2.50 bits per heavy atom. The van der Waals surface area contributed by atoms with Crippen LogP contribution >= 0.6 is 0 Å². The normalized spacial score (nSPS) is 34.8. The average Bonchev–Trinajstić information content (AvgIpc) is 3.00. The van der Waals surface area contributed by atoms with Crippen molar-refractivity contribution in [3.63, 3.8) is 0 Å². The Bertz CT molecular complexity index is 421. The number of benzene rings is 1. The molecule has 3 rings (SSSR count). The summed E-state index contributed by atoms with van der Waals surface area (Å²) in [6.45, 7) is 5.60. The van der Waals surface area contributed by atoms with Crippen LogP contribution in [-0.2, 0) is 10.8 Å². The molecule has 1 aromatic rings. The van der Waals surface area contributed by atoms with Gasteiger partial charge in [0.1, 0.15) is 0 Å². The van der Waals surface area contributed by atoms with E-state index < -0.39 is 0 Å². The third-order valence-electron chi connectivity index (χ3n) is 4.91. The van der Waals surface area contributed by atoms with E-state index in [0.717, 1.165) is 12.5 Å². The molecule has 0 bridgehead atoms. The number of hydrogen-bond donors (Lipinski definition) is 1. The highest BCUT2D eigenvalue weighted by Crippen LogP contribution is 2.62. The number of rotatable bonds is 1. The van der Waals surface area contributed by atoms with Gasteiger partial charge in [0.2, 0.25) is 0 Å². The van der Waals surface area contributed by atoms with E-state index in [9.17, 15) is 0 Å². The summed E-state index contributed by atoms with van der Waals surface area (Å²) >= 11 is 0. The molecule has 16 heavy (non-hydrogen) atoms. The molecule has 2 N–H and O–H groups in total. The van der Waals surface area contributed by atoms with Crippen molar-refractivity contribution in [3.05, 3.63) is 35.4 Å². The molecule has 2 aliphatic carbocycles. The molecule has 1 aromatic carbocycles. The van der Waals surface area contributed by atoms with E-state index in [2.05, 4.69) is 38.1 Å². The van der Waals surface area contributed by atoms with Gasteiger partial charge in [0.05, 0.1) is 0 Å². The maximum Gasteiger partial charge on any atom is 0.0000244 e. The first-order valence-corrected chi connectivity index (χ1v) is 6.40. The third-order valence-corrected chi connectivity index (χ3v) is 4.91. The van der Waals surface area contributed by atoms with Crippen molar-refractivity contribution < 1.29 is 0 Å². The van der Waals surface area contributed by atoms with Gasteiger partial charge in [0, 0.05) is 5.41 Å². The molecule has 0 radical (unpaired) electrons. The largest absolute Gasteiger partial charge is 0.330 e. The van der Waals surface area contributed by atoms with Crippen molar-refractivity contribution in [2.24, 2.45) is 11.7 Å². The van der Waals surface area contributed by atoms with Gasteiger partial charge in [0.15, 0.2) is 0 Å². The molecule has 1 spiro atoms. The lowest BCUT2D eigenvalue weighted by Crippen LogP contribution is -2.31. The topological polar surface area (TPSA) is 26.0 Å². The van der Waals surface area contributed by atoms with Crippen LogP contribution in [0.2, 0.25) is 0 Å². The zero-order chi connectivity index (χ0) is 11.4. The molecule has 1 heteroatoms. The molecule has 1 saturated carbocycles. The molecule has 0 aliphatic heterocycles. The van der Waals surface area contributed by atoms with Crippen LogP contribution in [0.25, 0.3) is 0 Å². The molecule has 0 unspecified atom stereocenters. The summed E-state index contributed by atoms with van der Waals surface area (Å²) in [6, 6.07) is 9.03. The maximum atomic E-state index is 5.86. The zero-order valence-corrected chi connectivity index (χ0v) is 10.3. The number of hydrogen-bond acceptors (Lipinski definition) is 1. The van der Waals surface area contributed by atoms with Crippen LogP contribution in [0.4, 0.5) is 0 Å². The fraction of sp³-hybridized carbons (Fsp3) is 0.600. The first-order valence-electron chi connectivity index (χ1n) is 6.40. The second kappa shape index (κ2) is 3.10. The highest BCUT2D eigenvalue weighted by Gasteiger charge is 2.57. The van der Waals surface area contributed by atoms with Crippen LogP contribution in [0.5, 0.6) is 0 Å². The van der Waals surface area contributed by atoms with E-state index in [-0.39, 0.29) is 0 Å². The first-order chi connectivity index (χ1) is 7.60. The quantitative estimate of drug-likeness (QED) is 0.765. The van der Waals surface area contributed by atoms with Crippen molar-refractivity contribution in [1.29, 1.82) is 0 Å². The fourth-order valence-electron chi connectivity index (χ4n) is 3.64. The van der Waals surface area contributed by atoms with Crippen molar-refractivity contribution in [1.82, 2.24) is 0 Å². The molecule has 2 atom stereocenters. The molecule has 0 saturated heterocycles. The smallest absolute Gasteiger partial charge is 0.0000244 e. The Kier molecular flexibility index (Phi) is 2.00. The van der Waals surface area contributed by atoms with Crippen molar-refractivity contribution >= 4 is 0 Å². The molecular weight excluding hydrogens is 194 g/mol. The van der Waals surface area contributed by atoms with Crippen LogP contribution in [0.15, 0.2) is 24.3 Å². The minimum atomic E-state index is 0.351. The van der Waals surface area contributed by atoms with Gasteiger partial charge >= 0.3 is 0 Å². The molecule has 1 fully saturated rings. The third kappa shape index (κ3) is 1.21. The fourth-order valence-corrected chi connectivity index (χ4v) is 3.64. The summed E-state index contributed by atoms with van der Waals surface area (Å²) in [4.78, 5) is 0. The van der Waals surface area contributed by atoms with E-state index in [0.29, 0.717) is 10.8 Å². The molecule has 0 heterocycles. The lowest BCUT2D eigenvalue weighted by Gasteiger charge is -2.38. The Balaban J connectivity index is 2.11. The van der Waals surface area contributed by atoms with E-state index in [1.165, 1.54) is 19.3 Å². The van der Waals surface area contributed by atoms with Gasteiger partial charge < -0.3 is 5.73 Å². The summed E-state index contributed by atoms with van der Waals surface area (Å²) < 4.78 is 0. The number of nitrogens with two attached hydrogens (primary N) is 1. The van der Waals surface area contributed by atoms with Crippen LogP contribution in [-0.4, -0.2) is 6.54 Å². The maximum absolute atomic E-state index is 5.86. The van der Waals surface area contributed by atoms with E-state index in [1.807, 2.05) is 0 Å². The molecule has 2 aliphatic rings. The van der Waals surface area contributed by atoms with Gasteiger partial charge in [-0.25, -0.2) is 0 Å². The Morgan fingerprint density at radius 2 is 1.88 bits per heavy atom. The van der Waals surface area contributed by atoms with Crippen LogP contribution in [0, 0.1) is 5.92 Å². The summed E-state index contributed by atoms with van der Waals surface area (Å²) in [6.07, 6.45) is 3.95. The molecule has 1 nitrogen and oxygen atoms in total. The van der Waals surface area contributed by atoms with Crippen LogP contribution in [0.3, 0.4) is 0 Å². The van der Waals surface area contributed by atoms with Crippen molar-refractivity contribution in [3.8, 4) is 0 Å². The van der Waals surface area contributed by atoms with Crippen LogP contribution in [0.1, 0.15) is 44.2 Å². The zero-order valence-electron chi connectivity index (χ0n) is 10.3. The van der Waals surface area contributed by atoms with Gasteiger partial charge in [-0.05, 0) is 48.3 Å². The summed E-state index contributed by atoms with van der Waals surface area (Å²) in [5.41, 5.74) is 9.84. The van der Waals surface area contributed by atoms with Crippen molar-refractivity contribution in [2.75, 3.05) is 6.54 Å². The van der Waals surface area contributed by atoms with Gasteiger partial charge in [0.25, 0.3) is 0 Å². The van der Waals surface area contributed by atoms with E-state index in [4.69, 9.17) is 5.73 Å². The lowest BCUT2D eigenvalue weighted by atomic mass is 9.66. The van der Waals surface area contributed by atoms with Gasteiger partial charge in [-0.2, -0.15) is 0 Å². The molecule has 0 aromatic heterocycles. The SMILES string of the molecule is CC1(C)CC[C@@]2(C[C@@H]2CN)c2ccccc21. The van der Waals surface area contributed by atoms with Crippen LogP contribution < -0.4 is 5.73 Å². The monoisotopic (exact) mass is 215 g/mol. The van der Waals surface area contributed by atoms with E-state index >= 15 is 0 Å². The first kappa shape index (κ1) is 10.3. The summed E-state index contributed by atoms with van der Waals surface area (Å²) in [5, 5.41) is 0. The van der Waals surface area contributed by atoms with Gasteiger partial charge in [-0.1, -0.05) is 38.1 Å². The average molecular weight is 215 g/mol. The molecule has 86 valence electrons. The minimum Gasteiger partial charge on any atom is -0.330 e. The summed E-state index contributed by atoms with van der Waals surface area (Å²) in [7, 11) is 0. The van der Waals surface area contributed by atoms with E-state index in [1.54, 1.807) is 11.1 Å². The lowest BCUT2D eigenvalue weighted by molar-refractivity contribution is 0.368. The highest BCUT2D eigenvalue weighted by atomic mass is 14.7. The van der Waals surface area contributed by atoms with Gasteiger partial charge in [-0.3, -0.25) is 0 Å². The standard InChI is InChI=1S/C15H21N/c1-14(2)7-8-15(9-11(15)10-16)13-6-4-3-5-12(13)14/h3-6,11H,7-10,16H2,1-2H3/t11-,15+/m1/s1. The second-order valence-corrected chi connectivity index (χ2v) is 6.22. The second-order valence-electron chi connectivity index (χ2n) is 6.22. The molecular formula is C15H21N. The highest BCUT2D eigenvalue weighted by molar-refractivity contribution is 5.46. The minimum absolute atomic E-state index is 0.351. The Hall–Kier alpha value is -0.820. The predicted octanol–water partition coefficient (Wildman–Crippen LogP) is 2.97. The predicted molar refractivity (Wildman–Crippen MR) is 67.5 cm³/mol.